The van der Waals surface area contributed by atoms with E-state index in [1.807, 2.05) is 43.5 Å². The van der Waals surface area contributed by atoms with Gasteiger partial charge < -0.3 is 9.30 Å². The van der Waals surface area contributed by atoms with E-state index in [-0.39, 0.29) is 11.1 Å². The van der Waals surface area contributed by atoms with Crippen LogP contribution in [0.1, 0.15) is 48.8 Å². The van der Waals surface area contributed by atoms with Crippen LogP contribution < -0.4 is 5.43 Å². The zero-order chi connectivity index (χ0) is 23.4. The van der Waals surface area contributed by atoms with E-state index < -0.39 is 17.7 Å². The van der Waals surface area contributed by atoms with Crippen molar-refractivity contribution in [1.29, 1.82) is 5.26 Å². The first kappa shape index (κ1) is 22.4. The van der Waals surface area contributed by atoms with Crippen molar-refractivity contribution in [3.63, 3.8) is 0 Å². The van der Waals surface area contributed by atoms with E-state index in [0.717, 1.165) is 34.3 Å². The van der Waals surface area contributed by atoms with Crippen molar-refractivity contribution < 1.29 is 18.7 Å². The third-order valence-corrected chi connectivity index (χ3v) is 5.13. The number of ether oxygens (including phenoxy) is 1. The Bertz CT molecular complexity index is 1290. The van der Waals surface area contributed by atoms with Crippen LogP contribution in [0, 0.1) is 37.9 Å². The van der Waals surface area contributed by atoms with Gasteiger partial charge in [-0.15, -0.1) is 0 Å². The summed E-state index contributed by atoms with van der Waals surface area (Å²) in [5.41, 5.74) is 6.78. The Labute approximate surface area is 184 Å². The maximum Gasteiger partial charge on any atom is 0.338 e. The highest BCUT2D eigenvalue weighted by molar-refractivity contribution is 5.95. The Kier molecular flexibility index (Phi) is 6.50. The molecule has 0 aliphatic heterocycles. The van der Waals surface area contributed by atoms with Gasteiger partial charge in [-0.2, -0.15) is 10.4 Å². The number of amides is 1. The lowest BCUT2D eigenvalue weighted by Gasteiger charge is -2.15. The van der Waals surface area contributed by atoms with E-state index in [2.05, 4.69) is 10.5 Å². The van der Waals surface area contributed by atoms with E-state index in [1.165, 1.54) is 25.5 Å². The summed E-state index contributed by atoms with van der Waals surface area (Å²) in [5, 5.41) is 12.7. The van der Waals surface area contributed by atoms with E-state index in [9.17, 15) is 14.0 Å². The molecular formula is C24H21FN4O3. The molecule has 0 radical (unpaired) electrons. The number of aromatic nitrogens is 1. The van der Waals surface area contributed by atoms with Crippen molar-refractivity contribution in [2.75, 3.05) is 7.11 Å². The van der Waals surface area contributed by atoms with Gasteiger partial charge in [0.1, 0.15) is 5.82 Å². The quantitative estimate of drug-likeness (QED) is 0.375. The molecule has 7 nitrogen and oxygen atoms in total. The highest BCUT2D eigenvalue weighted by atomic mass is 19.1. The molecule has 1 heterocycles. The Morgan fingerprint density at radius 1 is 1.16 bits per heavy atom. The van der Waals surface area contributed by atoms with Gasteiger partial charge in [0, 0.05) is 22.6 Å². The lowest BCUT2D eigenvalue weighted by Crippen LogP contribution is -2.19. The molecule has 1 aromatic heterocycles. The number of nitrogens with zero attached hydrogens (tertiary/aromatic N) is 3. The van der Waals surface area contributed by atoms with Gasteiger partial charge in [0.25, 0.3) is 5.91 Å². The fraction of sp³-hybridized carbons (Fsp3) is 0.167. The number of methoxy groups -OCH3 is 1. The van der Waals surface area contributed by atoms with Crippen LogP contribution in [0.15, 0.2) is 47.6 Å². The van der Waals surface area contributed by atoms with Crippen LogP contribution in [-0.2, 0) is 4.74 Å². The first-order chi connectivity index (χ1) is 15.3. The molecule has 0 saturated carbocycles. The second-order valence-corrected chi connectivity index (χ2v) is 7.11. The molecular weight excluding hydrogens is 411 g/mol. The molecule has 0 spiro atoms. The lowest BCUT2D eigenvalue weighted by atomic mass is 10.1. The molecule has 8 heteroatoms. The second-order valence-electron chi connectivity index (χ2n) is 7.11. The van der Waals surface area contributed by atoms with E-state index in [4.69, 9.17) is 10.00 Å². The molecule has 0 fully saturated rings. The number of hydrogen-bond donors (Lipinski definition) is 1. The first-order valence-electron chi connectivity index (χ1n) is 9.68. The number of hydrogen-bond acceptors (Lipinski definition) is 5. The van der Waals surface area contributed by atoms with Gasteiger partial charge in [-0.3, -0.25) is 4.79 Å². The van der Waals surface area contributed by atoms with E-state index in [1.54, 1.807) is 12.1 Å². The summed E-state index contributed by atoms with van der Waals surface area (Å²) >= 11 is 0. The number of rotatable bonds is 5. The summed E-state index contributed by atoms with van der Waals surface area (Å²) < 4.78 is 20.8. The summed E-state index contributed by atoms with van der Waals surface area (Å²) in [5.74, 6) is -1.93. The molecule has 0 bridgehead atoms. The van der Waals surface area contributed by atoms with Crippen LogP contribution in [0.3, 0.4) is 0 Å². The van der Waals surface area contributed by atoms with Crippen molar-refractivity contribution in [3.05, 3.63) is 87.5 Å². The van der Waals surface area contributed by atoms with Crippen LogP contribution in [-0.4, -0.2) is 29.8 Å². The largest absolute Gasteiger partial charge is 0.465 e. The molecule has 162 valence electrons. The molecule has 0 aliphatic rings. The van der Waals surface area contributed by atoms with E-state index >= 15 is 0 Å². The Morgan fingerprint density at radius 3 is 2.56 bits per heavy atom. The number of halogens is 1. The first-order valence-corrected chi connectivity index (χ1v) is 9.68. The second kappa shape index (κ2) is 9.27. The zero-order valence-electron chi connectivity index (χ0n) is 18.1. The number of nitriles is 1. The van der Waals surface area contributed by atoms with E-state index in [0.29, 0.717) is 5.56 Å². The molecule has 1 N–H and O–H groups in total. The molecule has 0 atom stereocenters. The average molecular weight is 432 g/mol. The molecule has 0 saturated heterocycles. The maximum absolute atomic E-state index is 14.0. The standard InChI is InChI=1S/C24H21FN4O3/c1-14-10-18(13-27-28-23(30)20-9-8-17(12-26)11-21(20)25)16(3)29(14)22-7-5-6-19(15(22)2)24(31)32-4/h5-11,13H,1-4H3,(H,28,30)/b27-13-. The van der Waals surface area contributed by atoms with Crippen molar-refractivity contribution in [2.24, 2.45) is 5.10 Å². The minimum absolute atomic E-state index is 0.126. The third kappa shape index (κ3) is 4.27. The molecule has 3 aromatic rings. The maximum atomic E-state index is 14.0. The van der Waals surface area contributed by atoms with Crippen molar-refractivity contribution in [1.82, 2.24) is 9.99 Å². The third-order valence-electron chi connectivity index (χ3n) is 5.13. The fourth-order valence-corrected chi connectivity index (χ4v) is 3.48. The zero-order valence-corrected chi connectivity index (χ0v) is 18.1. The normalized spacial score (nSPS) is 10.8. The van der Waals surface area contributed by atoms with Crippen molar-refractivity contribution in [2.45, 2.75) is 20.8 Å². The summed E-state index contributed by atoms with van der Waals surface area (Å²) in [7, 11) is 1.34. The van der Waals surface area contributed by atoms with Crippen molar-refractivity contribution in [3.8, 4) is 11.8 Å². The van der Waals surface area contributed by atoms with Gasteiger partial charge in [-0.05, 0) is 62.7 Å². The molecule has 3 rings (SSSR count). The topological polar surface area (TPSA) is 96.5 Å². The molecule has 0 aliphatic carbocycles. The highest BCUT2D eigenvalue weighted by Gasteiger charge is 2.17. The Balaban J connectivity index is 1.86. The highest BCUT2D eigenvalue weighted by Crippen LogP contribution is 2.25. The van der Waals surface area contributed by atoms with Gasteiger partial charge in [0.2, 0.25) is 0 Å². The van der Waals surface area contributed by atoms with Crippen LogP contribution in [0.2, 0.25) is 0 Å². The smallest absolute Gasteiger partial charge is 0.338 e. The van der Waals surface area contributed by atoms with Crippen LogP contribution in [0.25, 0.3) is 5.69 Å². The number of hydrazone groups is 1. The van der Waals surface area contributed by atoms with Crippen LogP contribution in [0.4, 0.5) is 4.39 Å². The van der Waals surface area contributed by atoms with Gasteiger partial charge in [-0.25, -0.2) is 14.6 Å². The van der Waals surface area contributed by atoms with Crippen LogP contribution >= 0.6 is 0 Å². The summed E-state index contributed by atoms with van der Waals surface area (Å²) in [6, 6.07) is 12.7. The summed E-state index contributed by atoms with van der Waals surface area (Å²) in [6.45, 7) is 5.65. The average Bonchev–Trinajstić information content (AvgIpc) is 3.06. The molecule has 2 aromatic carbocycles. The predicted molar refractivity (Wildman–Crippen MR) is 117 cm³/mol. The monoisotopic (exact) mass is 432 g/mol. The summed E-state index contributed by atoms with van der Waals surface area (Å²) in [4.78, 5) is 24.3. The molecule has 0 unspecified atom stereocenters. The summed E-state index contributed by atoms with van der Waals surface area (Å²) in [6.07, 6.45) is 1.47. The number of esters is 1. The fourth-order valence-electron chi connectivity index (χ4n) is 3.48. The van der Waals surface area contributed by atoms with Gasteiger partial charge >= 0.3 is 5.97 Å². The minimum atomic E-state index is -0.795. The minimum Gasteiger partial charge on any atom is -0.465 e. The number of carbonyl (C=O) groups is 2. The Hall–Kier alpha value is -4.25. The SMILES string of the molecule is COC(=O)c1cccc(-n2c(C)cc(/C=N\NC(=O)c3ccc(C#N)cc3F)c2C)c1C. The molecule has 32 heavy (non-hydrogen) atoms. The number of carbonyl (C=O) groups excluding carboxylic acids is 2. The number of aryl methyl sites for hydroxylation is 1. The number of benzene rings is 2. The van der Waals surface area contributed by atoms with Gasteiger partial charge in [0.15, 0.2) is 0 Å². The number of nitrogens with one attached hydrogen (secondary N) is 1. The van der Waals surface area contributed by atoms with Crippen molar-refractivity contribution >= 4 is 18.1 Å². The predicted octanol–water partition coefficient (Wildman–Crippen LogP) is 3.96. The Morgan fingerprint density at radius 2 is 1.91 bits per heavy atom. The molecule has 1 amide bonds. The van der Waals surface area contributed by atoms with Gasteiger partial charge in [0.05, 0.1) is 36.1 Å². The van der Waals surface area contributed by atoms with Crippen LogP contribution in [0.5, 0.6) is 0 Å². The lowest BCUT2D eigenvalue weighted by molar-refractivity contribution is 0.0599. The van der Waals surface area contributed by atoms with Gasteiger partial charge in [-0.1, -0.05) is 6.07 Å².